The summed E-state index contributed by atoms with van der Waals surface area (Å²) in [5.41, 5.74) is 0.130. The SMILES string of the molecule is CC(C)CC(CCl)Cc1c(F)ccc(Br)c1F. The second-order valence-corrected chi connectivity index (χ2v) is 5.84. The van der Waals surface area contributed by atoms with Gasteiger partial charge in [-0.15, -0.1) is 11.6 Å². The number of hydrogen-bond donors (Lipinski definition) is 0. The lowest BCUT2D eigenvalue weighted by molar-refractivity contribution is 0.424. The van der Waals surface area contributed by atoms with Crippen molar-refractivity contribution in [3.05, 3.63) is 33.8 Å². The highest BCUT2D eigenvalue weighted by Crippen LogP contribution is 2.26. The predicted octanol–water partition coefficient (Wildman–Crippen LogP) is 5.17. The number of benzene rings is 1. The van der Waals surface area contributed by atoms with Gasteiger partial charge in [-0.2, -0.15) is 0 Å². The Morgan fingerprint density at radius 1 is 1.29 bits per heavy atom. The van der Waals surface area contributed by atoms with Gasteiger partial charge in [-0.3, -0.25) is 0 Å². The van der Waals surface area contributed by atoms with E-state index in [2.05, 4.69) is 29.8 Å². The summed E-state index contributed by atoms with van der Waals surface area (Å²) in [6.07, 6.45) is 1.22. The van der Waals surface area contributed by atoms with Gasteiger partial charge in [0.1, 0.15) is 11.6 Å². The minimum Gasteiger partial charge on any atom is -0.207 e. The number of hydrogen-bond acceptors (Lipinski definition) is 0. The minimum absolute atomic E-state index is 0.106. The molecule has 0 N–H and O–H groups in total. The van der Waals surface area contributed by atoms with Crippen LogP contribution in [0.4, 0.5) is 8.78 Å². The fourth-order valence-electron chi connectivity index (χ4n) is 1.91. The highest BCUT2D eigenvalue weighted by molar-refractivity contribution is 9.10. The summed E-state index contributed by atoms with van der Waals surface area (Å²) in [6.45, 7) is 4.15. The summed E-state index contributed by atoms with van der Waals surface area (Å²) in [6, 6.07) is 2.66. The van der Waals surface area contributed by atoms with Gasteiger partial charge in [-0.05, 0) is 52.7 Å². The van der Waals surface area contributed by atoms with Crippen molar-refractivity contribution >= 4 is 27.5 Å². The lowest BCUT2D eigenvalue weighted by atomic mass is 9.92. The first-order valence-electron chi connectivity index (χ1n) is 5.64. The Bertz CT molecular complexity index is 380. The Labute approximate surface area is 114 Å². The van der Waals surface area contributed by atoms with E-state index in [1.54, 1.807) is 0 Å². The van der Waals surface area contributed by atoms with E-state index in [1.165, 1.54) is 12.1 Å². The van der Waals surface area contributed by atoms with E-state index in [-0.39, 0.29) is 11.5 Å². The number of alkyl halides is 1. The molecule has 0 fully saturated rings. The molecule has 0 amide bonds. The van der Waals surface area contributed by atoms with Crippen LogP contribution in [0.2, 0.25) is 0 Å². The van der Waals surface area contributed by atoms with Gasteiger partial charge in [-0.25, -0.2) is 8.78 Å². The minimum atomic E-state index is -0.510. The van der Waals surface area contributed by atoms with Crippen LogP contribution in [0.3, 0.4) is 0 Å². The van der Waals surface area contributed by atoms with Crippen molar-refractivity contribution in [2.45, 2.75) is 26.7 Å². The molecule has 1 unspecified atom stereocenters. The summed E-state index contributed by atoms with van der Waals surface area (Å²) in [5, 5.41) is 0. The van der Waals surface area contributed by atoms with Crippen molar-refractivity contribution in [2.24, 2.45) is 11.8 Å². The van der Waals surface area contributed by atoms with Crippen molar-refractivity contribution < 1.29 is 8.78 Å². The fourth-order valence-corrected chi connectivity index (χ4v) is 2.52. The van der Waals surface area contributed by atoms with Crippen LogP contribution in [0.15, 0.2) is 16.6 Å². The van der Waals surface area contributed by atoms with Crippen LogP contribution in [0.25, 0.3) is 0 Å². The zero-order valence-electron chi connectivity index (χ0n) is 9.94. The van der Waals surface area contributed by atoms with Crippen LogP contribution in [0, 0.1) is 23.5 Å². The fraction of sp³-hybridized carbons (Fsp3) is 0.538. The molecule has 4 heteroatoms. The van der Waals surface area contributed by atoms with Crippen LogP contribution >= 0.6 is 27.5 Å². The van der Waals surface area contributed by atoms with Crippen LogP contribution in [-0.4, -0.2) is 5.88 Å². The summed E-state index contributed by atoms with van der Waals surface area (Å²) in [7, 11) is 0. The summed E-state index contributed by atoms with van der Waals surface area (Å²) >= 11 is 8.92. The first-order valence-corrected chi connectivity index (χ1v) is 6.96. The van der Waals surface area contributed by atoms with Crippen molar-refractivity contribution in [3.8, 4) is 0 Å². The third kappa shape index (κ3) is 4.22. The van der Waals surface area contributed by atoms with Crippen LogP contribution in [0.5, 0.6) is 0 Å². The van der Waals surface area contributed by atoms with Crippen LogP contribution < -0.4 is 0 Å². The third-order valence-electron chi connectivity index (χ3n) is 2.65. The Morgan fingerprint density at radius 2 is 1.94 bits per heavy atom. The average molecular weight is 326 g/mol. The normalized spacial score (nSPS) is 13.1. The molecular weight excluding hydrogens is 309 g/mol. The Morgan fingerprint density at radius 3 is 2.47 bits per heavy atom. The summed E-state index contributed by atoms with van der Waals surface area (Å²) < 4.78 is 27.6. The quantitative estimate of drug-likeness (QED) is 0.517. The molecule has 0 aliphatic rings. The van der Waals surface area contributed by atoms with Crippen LogP contribution in [0.1, 0.15) is 25.8 Å². The van der Waals surface area contributed by atoms with Crippen LogP contribution in [-0.2, 0) is 6.42 Å². The largest absolute Gasteiger partial charge is 0.207 e. The number of halogens is 4. The van der Waals surface area contributed by atoms with E-state index < -0.39 is 11.6 Å². The van der Waals surface area contributed by atoms with E-state index in [4.69, 9.17) is 11.6 Å². The second-order valence-electron chi connectivity index (χ2n) is 4.68. The van der Waals surface area contributed by atoms with E-state index >= 15 is 0 Å². The standard InChI is InChI=1S/C13H16BrClF2/c1-8(2)5-9(7-15)6-10-12(16)4-3-11(14)13(10)17/h3-4,8-9H,5-7H2,1-2H3. The van der Waals surface area contributed by atoms with Gasteiger partial charge in [0.05, 0.1) is 4.47 Å². The van der Waals surface area contributed by atoms with Gasteiger partial charge in [0.15, 0.2) is 0 Å². The maximum absolute atomic E-state index is 13.8. The molecule has 0 aliphatic heterocycles. The van der Waals surface area contributed by atoms with E-state index in [9.17, 15) is 8.78 Å². The molecule has 0 heterocycles. The average Bonchev–Trinajstić information content (AvgIpc) is 2.27. The third-order valence-corrected chi connectivity index (χ3v) is 3.70. The maximum atomic E-state index is 13.8. The van der Waals surface area contributed by atoms with Gasteiger partial charge >= 0.3 is 0 Å². The topological polar surface area (TPSA) is 0 Å². The molecule has 0 aliphatic carbocycles. The highest BCUT2D eigenvalue weighted by Gasteiger charge is 2.18. The van der Waals surface area contributed by atoms with Gasteiger partial charge in [-0.1, -0.05) is 13.8 Å². The van der Waals surface area contributed by atoms with E-state index in [0.29, 0.717) is 22.7 Å². The lowest BCUT2D eigenvalue weighted by Crippen LogP contribution is -2.12. The van der Waals surface area contributed by atoms with Gasteiger partial charge in [0.25, 0.3) is 0 Å². The predicted molar refractivity (Wildman–Crippen MR) is 71.4 cm³/mol. The van der Waals surface area contributed by atoms with Gasteiger partial charge in [0, 0.05) is 11.4 Å². The maximum Gasteiger partial charge on any atom is 0.143 e. The molecule has 1 aromatic rings. The molecule has 0 aromatic heterocycles. The Balaban J connectivity index is 2.89. The monoisotopic (exact) mass is 324 g/mol. The smallest absolute Gasteiger partial charge is 0.143 e. The highest BCUT2D eigenvalue weighted by atomic mass is 79.9. The molecule has 17 heavy (non-hydrogen) atoms. The molecule has 1 rings (SSSR count). The molecule has 0 spiro atoms. The molecule has 0 bridgehead atoms. The zero-order valence-corrected chi connectivity index (χ0v) is 12.3. The van der Waals surface area contributed by atoms with E-state index in [1.807, 2.05) is 0 Å². The molecule has 0 saturated heterocycles. The molecule has 1 aromatic carbocycles. The molecule has 96 valence electrons. The zero-order chi connectivity index (χ0) is 13.0. The lowest BCUT2D eigenvalue weighted by Gasteiger charge is -2.17. The van der Waals surface area contributed by atoms with Crippen molar-refractivity contribution in [1.82, 2.24) is 0 Å². The number of rotatable bonds is 5. The first kappa shape index (κ1) is 14.9. The molecular formula is C13H16BrClF2. The Hall–Kier alpha value is -0.150. The Kier molecular flexibility index (Phi) is 5.87. The molecule has 0 saturated carbocycles. The van der Waals surface area contributed by atoms with Crippen molar-refractivity contribution in [2.75, 3.05) is 5.88 Å². The van der Waals surface area contributed by atoms with Crippen molar-refractivity contribution in [1.29, 1.82) is 0 Å². The van der Waals surface area contributed by atoms with Gasteiger partial charge < -0.3 is 0 Å². The van der Waals surface area contributed by atoms with Gasteiger partial charge in [0.2, 0.25) is 0 Å². The first-order chi connectivity index (χ1) is 7.95. The van der Waals surface area contributed by atoms with Crippen molar-refractivity contribution in [3.63, 3.8) is 0 Å². The summed E-state index contributed by atoms with van der Waals surface area (Å²) in [5.74, 6) is -0.00994. The molecule has 1 atom stereocenters. The van der Waals surface area contributed by atoms with E-state index in [0.717, 1.165) is 6.42 Å². The summed E-state index contributed by atoms with van der Waals surface area (Å²) in [4.78, 5) is 0. The molecule has 0 nitrogen and oxygen atoms in total. The molecule has 0 radical (unpaired) electrons. The second kappa shape index (κ2) is 6.69.